The van der Waals surface area contributed by atoms with E-state index in [-0.39, 0.29) is 44.6 Å². The van der Waals surface area contributed by atoms with Crippen LogP contribution in [0.3, 0.4) is 0 Å². The Kier molecular flexibility index (Phi) is 6.98. The molecule has 0 aromatic carbocycles. The molecule has 3 fully saturated rings. The third-order valence-electron chi connectivity index (χ3n) is 6.53. The predicted octanol–water partition coefficient (Wildman–Crippen LogP) is 1.36. The van der Waals surface area contributed by atoms with E-state index in [0.29, 0.717) is 44.1 Å². The van der Waals surface area contributed by atoms with Gasteiger partial charge in [0.15, 0.2) is 9.84 Å². The summed E-state index contributed by atoms with van der Waals surface area (Å²) in [6, 6.07) is 4.72. The number of carbonyl (C=O) groups excluding carboxylic acids is 2. The van der Waals surface area contributed by atoms with Gasteiger partial charge < -0.3 is 14.5 Å². The standard InChI is InChI=1S/C23H25N5O6S3/c1-2-34-22(31)26-10-8-25(9-11-26)19-16(20(29)27-7-4-3-5-18(27)24-19)13-17-21(30)28(23(35)36-17)15-6-12-37(32,33)14-15/h3-5,7,13,15H,2,6,8-12,14H2,1H3. The van der Waals surface area contributed by atoms with E-state index in [2.05, 4.69) is 0 Å². The van der Waals surface area contributed by atoms with Crippen molar-refractivity contribution in [1.29, 1.82) is 0 Å². The molecule has 0 N–H and O–H groups in total. The molecule has 2 aromatic heterocycles. The molecule has 2 amide bonds. The highest BCUT2D eigenvalue weighted by molar-refractivity contribution is 8.26. The van der Waals surface area contributed by atoms with Gasteiger partial charge in [-0.05, 0) is 31.6 Å². The van der Waals surface area contributed by atoms with Crippen molar-refractivity contribution in [3.8, 4) is 0 Å². The molecule has 1 unspecified atom stereocenters. The van der Waals surface area contributed by atoms with Gasteiger partial charge in [0.1, 0.15) is 15.8 Å². The molecule has 0 radical (unpaired) electrons. The van der Waals surface area contributed by atoms with Gasteiger partial charge in [-0.15, -0.1) is 0 Å². The van der Waals surface area contributed by atoms with Gasteiger partial charge in [0, 0.05) is 32.4 Å². The van der Waals surface area contributed by atoms with E-state index in [1.807, 2.05) is 4.90 Å². The third kappa shape index (κ3) is 4.97. The molecular weight excluding hydrogens is 538 g/mol. The number of hydrogen-bond donors (Lipinski definition) is 0. The van der Waals surface area contributed by atoms with Crippen molar-refractivity contribution in [3.05, 3.63) is 45.2 Å². The first-order valence-corrected chi connectivity index (χ1v) is 14.9. The summed E-state index contributed by atoms with van der Waals surface area (Å²) in [5, 5.41) is 0. The fraction of sp³-hybridized carbons (Fsp3) is 0.435. The molecule has 0 saturated carbocycles. The van der Waals surface area contributed by atoms with Gasteiger partial charge in [0.05, 0.1) is 34.6 Å². The molecule has 14 heteroatoms. The lowest BCUT2D eigenvalue weighted by atomic mass is 10.2. The van der Waals surface area contributed by atoms with Gasteiger partial charge >= 0.3 is 6.09 Å². The zero-order valence-corrected chi connectivity index (χ0v) is 22.5. The van der Waals surface area contributed by atoms with E-state index in [9.17, 15) is 22.8 Å². The highest BCUT2D eigenvalue weighted by Crippen LogP contribution is 2.37. The molecule has 0 spiro atoms. The maximum Gasteiger partial charge on any atom is 0.409 e. The molecule has 5 rings (SSSR count). The van der Waals surface area contributed by atoms with Crippen molar-refractivity contribution < 1.29 is 22.7 Å². The van der Waals surface area contributed by atoms with Gasteiger partial charge in [-0.25, -0.2) is 18.2 Å². The third-order valence-corrected chi connectivity index (χ3v) is 9.61. The Morgan fingerprint density at radius 1 is 1.24 bits per heavy atom. The van der Waals surface area contributed by atoms with Crippen molar-refractivity contribution in [2.75, 3.05) is 49.2 Å². The number of thiocarbonyl (C=S) groups is 1. The Labute approximate surface area is 223 Å². The number of nitrogens with zero attached hydrogens (tertiary/aromatic N) is 5. The minimum Gasteiger partial charge on any atom is -0.450 e. The fourth-order valence-electron chi connectivity index (χ4n) is 4.68. The van der Waals surface area contributed by atoms with Crippen LogP contribution in [0.15, 0.2) is 34.1 Å². The van der Waals surface area contributed by atoms with E-state index in [1.54, 1.807) is 36.2 Å². The number of aromatic nitrogens is 2. The van der Waals surface area contributed by atoms with Crippen LogP contribution in [0, 0.1) is 0 Å². The summed E-state index contributed by atoms with van der Waals surface area (Å²) in [5.74, 6) is -0.102. The second-order valence-corrected chi connectivity index (χ2v) is 12.8. The Hall–Kier alpha value is -2.97. The number of rotatable bonds is 4. The monoisotopic (exact) mass is 563 g/mol. The van der Waals surface area contributed by atoms with Crippen molar-refractivity contribution in [2.24, 2.45) is 0 Å². The fourth-order valence-corrected chi connectivity index (χ4v) is 7.76. The summed E-state index contributed by atoms with van der Waals surface area (Å²) in [7, 11) is -3.21. The smallest absolute Gasteiger partial charge is 0.409 e. The lowest BCUT2D eigenvalue weighted by Gasteiger charge is -2.35. The van der Waals surface area contributed by atoms with Crippen LogP contribution in [0.25, 0.3) is 11.7 Å². The first-order chi connectivity index (χ1) is 17.7. The van der Waals surface area contributed by atoms with Gasteiger partial charge in [-0.3, -0.25) is 18.9 Å². The van der Waals surface area contributed by atoms with Gasteiger partial charge in [-0.1, -0.05) is 30.0 Å². The van der Waals surface area contributed by atoms with E-state index in [0.717, 1.165) is 11.8 Å². The van der Waals surface area contributed by atoms with E-state index >= 15 is 0 Å². The minimum atomic E-state index is -3.21. The number of sulfone groups is 1. The number of carbonyl (C=O) groups is 2. The molecule has 37 heavy (non-hydrogen) atoms. The van der Waals surface area contributed by atoms with Crippen LogP contribution in [-0.2, 0) is 19.4 Å². The number of piperazine rings is 1. The number of thioether (sulfide) groups is 1. The van der Waals surface area contributed by atoms with Crippen LogP contribution in [0.5, 0.6) is 0 Å². The van der Waals surface area contributed by atoms with Gasteiger partial charge in [0.2, 0.25) is 0 Å². The lowest BCUT2D eigenvalue weighted by Crippen LogP contribution is -2.49. The maximum absolute atomic E-state index is 13.6. The second-order valence-electron chi connectivity index (χ2n) is 8.86. The number of amides is 2. The zero-order chi connectivity index (χ0) is 26.3. The Morgan fingerprint density at radius 3 is 2.68 bits per heavy atom. The van der Waals surface area contributed by atoms with Crippen molar-refractivity contribution in [3.63, 3.8) is 0 Å². The van der Waals surface area contributed by atoms with Crippen molar-refractivity contribution in [2.45, 2.75) is 19.4 Å². The van der Waals surface area contributed by atoms with Crippen LogP contribution in [0.1, 0.15) is 18.9 Å². The lowest BCUT2D eigenvalue weighted by molar-refractivity contribution is -0.123. The average molecular weight is 564 g/mol. The van der Waals surface area contributed by atoms with Crippen molar-refractivity contribution in [1.82, 2.24) is 19.2 Å². The SMILES string of the molecule is CCOC(=O)N1CCN(c2nc3ccccn3c(=O)c2C=C2SC(=S)N(C3CCS(=O)(=O)C3)C2=O)CC1. The summed E-state index contributed by atoms with van der Waals surface area (Å²) >= 11 is 6.48. The molecular formula is C23H25N5O6S3. The maximum atomic E-state index is 13.6. The quantitative estimate of drug-likeness (QED) is 0.398. The molecule has 2 aromatic rings. The van der Waals surface area contributed by atoms with Gasteiger partial charge in [-0.2, -0.15) is 0 Å². The first kappa shape index (κ1) is 25.7. The molecule has 3 saturated heterocycles. The largest absolute Gasteiger partial charge is 0.450 e. The molecule has 5 heterocycles. The Balaban J connectivity index is 1.50. The van der Waals surface area contributed by atoms with Crippen LogP contribution in [0.4, 0.5) is 10.6 Å². The Morgan fingerprint density at radius 2 is 2.00 bits per heavy atom. The molecule has 196 valence electrons. The van der Waals surface area contributed by atoms with E-state index < -0.39 is 21.8 Å². The average Bonchev–Trinajstić information content (AvgIpc) is 3.37. The summed E-state index contributed by atoms with van der Waals surface area (Å²) in [6.07, 6.45) is 3.06. The molecule has 3 aliphatic heterocycles. The Bertz CT molecular complexity index is 1480. The molecule has 1 atom stereocenters. The number of anilines is 1. The summed E-state index contributed by atoms with van der Waals surface area (Å²) < 4.78 is 30.7. The summed E-state index contributed by atoms with van der Waals surface area (Å²) in [4.78, 5) is 48.9. The van der Waals surface area contributed by atoms with Crippen LogP contribution in [-0.4, -0.2) is 94.3 Å². The second kappa shape index (κ2) is 10.1. The van der Waals surface area contributed by atoms with Crippen LogP contribution in [0.2, 0.25) is 0 Å². The van der Waals surface area contributed by atoms with Gasteiger partial charge in [0.25, 0.3) is 11.5 Å². The highest BCUT2D eigenvalue weighted by atomic mass is 32.2. The normalized spacial score (nSPS) is 22.9. The summed E-state index contributed by atoms with van der Waals surface area (Å²) in [5.41, 5.74) is 0.339. The number of pyridine rings is 1. The zero-order valence-electron chi connectivity index (χ0n) is 20.0. The minimum absolute atomic E-state index is 0.0195. The number of fused-ring (bicyclic) bond motifs is 1. The number of hydrogen-bond acceptors (Lipinski definition) is 10. The first-order valence-electron chi connectivity index (χ1n) is 11.8. The molecule has 0 bridgehead atoms. The van der Waals surface area contributed by atoms with Crippen LogP contribution >= 0.6 is 24.0 Å². The summed E-state index contributed by atoms with van der Waals surface area (Å²) in [6.45, 7) is 3.68. The molecule has 0 aliphatic carbocycles. The predicted molar refractivity (Wildman–Crippen MR) is 144 cm³/mol. The topological polar surface area (TPSA) is 122 Å². The molecule has 3 aliphatic rings. The van der Waals surface area contributed by atoms with E-state index in [4.69, 9.17) is 21.9 Å². The highest BCUT2D eigenvalue weighted by Gasteiger charge is 2.42. The number of ether oxygens (including phenoxy) is 1. The van der Waals surface area contributed by atoms with E-state index in [1.165, 1.54) is 15.4 Å². The van der Waals surface area contributed by atoms with Crippen molar-refractivity contribution >= 4 is 67.7 Å². The van der Waals surface area contributed by atoms with Crippen LogP contribution < -0.4 is 10.5 Å². The molecule has 11 nitrogen and oxygen atoms in total.